The highest BCUT2D eigenvalue weighted by atomic mass is 15.2. The van der Waals surface area contributed by atoms with E-state index < -0.39 is 0 Å². The predicted molar refractivity (Wildman–Crippen MR) is 202 cm³/mol. The van der Waals surface area contributed by atoms with Gasteiger partial charge in [-0.2, -0.15) is 4.58 Å². The molecule has 0 amide bonds. The van der Waals surface area contributed by atoms with Gasteiger partial charge in [0.1, 0.15) is 12.5 Å². The van der Waals surface area contributed by atoms with Gasteiger partial charge in [-0.15, -0.1) is 0 Å². The van der Waals surface area contributed by atoms with Crippen LogP contribution in [0.2, 0.25) is 0 Å². The number of anilines is 1. The van der Waals surface area contributed by atoms with Gasteiger partial charge in [0.05, 0.1) is 5.41 Å². The standard InChI is InChI=1S/C47H35N2/c1-48-42-28-16-14-26-40(42)46(36-22-10-6-18-32(36)33-19-7-11-23-37(33)46)44(48)30-4-3-5-31-45-47(41-27-15-17-29-43(41)49(45)2)38-24-12-8-20-34(38)35-21-9-13-25-39(35)47/h3-31H,1-2H3/q+1. The van der Waals surface area contributed by atoms with E-state index in [1.165, 1.54) is 78.4 Å². The third kappa shape index (κ3) is 3.43. The van der Waals surface area contributed by atoms with E-state index in [9.17, 15) is 0 Å². The van der Waals surface area contributed by atoms with Crippen LogP contribution in [0.4, 0.5) is 11.4 Å². The summed E-state index contributed by atoms with van der Waals surface area (Å²) in [5.41, 5.74) is 17.7. The minimum Gasteiger partial charge on any atom is -0.346 e. The maximum Gasteiger partial charge on any atom is 0.210 e. The average Bonchev–Trinajstić information content (AvgIpc) is 3.80. The molecule has 2 aliphatic heterocycles. The van der Waals surface area contributed by atoms with Crippen LogP contribution in [0.1, 0.15) is 33.4 Å². The molecule has 0 bridgehead atoms. The van der Waals surface area contributed by atoms with Crippen molar-refractivity contribution in [3.63, 3.8) is 0 Å². The van der Waals surface area contributed by atoms with Crippen LogP contribution in [-0.2, 0) is 10.8 Å². The van der Waals surface area contributed by atoms with Crippen molar-refractivity contribution in [3.05, 3.63) is 215 Å². The van der Waals surface area contributed by atoms with E-state index in [4.69, 9.17) is 0 Å². The highest BCUT2D eigenvalue weighted by Gasteiger charge is 2.57. The van der Waals surface area contributed by atoms with Gasteiger partial charge in [-0.25, -0.2) is 0 Å². The average molecular weight is 628 g/mol. The van der Waals surface area contributed by atoms with Gasteiger partial charge < -0.3 is 4.90 Å². The SMILES string of the molecule is CN1\C(=C/C=C/C=C/C2=[N+](C)c3ccccc3C23c2ccccc2-c2ccccc23)C2(c3ccccc3-c3ccccc32)c2ccccc21. The number of likely N-dealkylation sites (N-methyl/N-ethyl adjacent to an activating group) is 1. The molecular weight excluding hydrogens is 593 g/mol. The highest BCUT2D eigenvalue weighted by Crippen LogP contribution is 2.62. The zero-order valence-electron chi connectivity index (χ0n) is 27.6. The largest absolute Gasteiger partial charge is 0.346 e. The first-order valence-corrected chi connectivity index (χ1v) is 17.2. The van der Waals surface area contributed by atoms with Crippen molar-refractivity contribution in [3.8, 4) is 22.3 Å². The Labute approximate surface area is 288 Å². The molecule has 232 valence electrons. The molecule has 0 aromatic heterocycles. The van der Waals surface area contributed by atoms with Crippen molar-refractivity contribution >= 4 is 17.1 Å². The molecule has 0 fully saturated rings. The second kappa shape index (κ2) is 10.3. The number of hydrogen-bond donors (Lipinski definition) is 0. The van der Waals surface area contributed by atoms with Crippen LogP contribution < -0.4 is 4.90 Å². The number of para-hydroxylation sites is 2. The van der Waals surface area contributed by atoms with E-state index >= 15 is 0 Å². The molecule has 2 spiro atoms. The van der Waals surface area contributed by atoms with Crippen molar-refractivity contribution in [2.24, 2.45) is 0 Å². The van der Waals surface area contributed by atoms with Gasteiger partial charge >= 0.3 is 0 Å². The molecule has 6 aromatic rings. The zero-order valence-corrected chi connectivity index (χ0v) is 27.6. The predicted octanol–water partition coefficient (Wildman–Crippen LogP) is 10.2. The van der Waals surface area contributed by atoms with Crippen LogP contribution in [0.25, 0.3) is 22.3 Å². The summed E-state index contributed by atoms with van der Waals surface area (Å²) in [5, 5.41) is 0. The van der Waals surface area contributed by atoms with E-state index in [0.29, 0.717) is 0 Å². The Hall–Kier alpha value is -5.99. The van der Waals surface area contributed by atoms with Gasteiger partial charge in [0, 0.05) is 36.1 Å². The van der Waals surface area contributed by atoms with Gasteiger partial charge in [0.25, 0.3) is 0 Å². The van der Waals surface area contributed by atoms with E-state index in [1.807, 2.05) is 0 Å². The summed E-state index contributed by atoms with van der Waals surface area (Å²) < 4.78 is 2.39. The lowest BCUT2D eigenvalue weighted by Gasteiger charge is -2.31. The summed E-state index contributed by atoms with van der Waals surface area (Å²) in [7, 11) is 4.43. The van der Waals surface area contributed by atoms with Crippen LogP contribution in [0.15, 0.2) is 182 Å². The van der Waals surface area contributed by atoms with Crippen LogP contribution in [-0.4, -0.2) is 24.4 Å². The van der Waals surface area contributed by atoms with Gasteiger partial charge in [-0.1, -0.05) is 152 Å². The normalized spacial score (nSPS) is 17.7. The Kier molecular flexibility index (Phi) is 5.87. The number of rotatable bonds is 3. The lowest BCUT2D eigenvalue weighted by atomic mass is 9.70. The van der Waals surface area contributed by atoms with Crippen LogP contribution in [0.3, 0.4) is 0 Å². The molecule has 0 radical (unpaired) electrons. The maximum absolute atomic E-state index is 2.39. The molecule has 2 aliphatic carbocycles. The Balaban J connectivity index is 1.11. The van der Waals surface area contributed by atoms with E-state index in [0.717, 1.165) is 0 Å². The van der Waals surface area contributed by atoms with Crippen LogP contribution >= 0.6 is 0 Å². The fourth-order valence-electron chi connectivity index (χ4n) is 9.64. The third-order valence-electron chi connectivity index (χ3n) is 11.5. The molecule has 0 saturated heterocycles. The van der Waals surface area contributed by atoms with Crippen molar-refractivity contribution in [1.29, 1.82) is 0 Å². The molecule has 0 N–H and O–H groups in total. The highest BCUT2D eigenvalue weighted by molar-refractivity contribution is 6.13. The molecular formula is C47H35N2+. The topological polar surface area (TPSA) is 6.25 Å². The van der Waals surface area contributed by atoms with E-state index in [1.54, 1.807) is 0 Å². The first kappa shape index (κ1) is 28.1. The number of fused-ring (bicyclic) bond motifs is 14. The molecule has 2 heteroatoms. The van der Waals surface area contributed by atoms with Gasteiger partial charge in [-0.3, -0.25) is 0 Å². The molecule has 10 rings (SSSR count). The monoisotopic (exact) mass is 627 g/mol. The Bertz CT molecular complexity index is 2400. The van der Waals surface area contributed by atoms with Crippen LogP contribution in [0, 0.1) is 0 Å². The van der Waals surface area contributed by atoms with Crippen molar-refractivity contribution < 1.29 is 4.58 Å². The fourth-order valence-corrected chi connectivity index (χ4v) is 9.64. The molecule has 0 atom stereocenters. The fraction of sp³-hybridized carbons (Fsp3) is 0.0851. The molecule has 49 heavy (non-hydrogen) atoms. The van der Waals surface area contributed by atoms with Gasteiger partial charge in [-0.05, 0) is 62.2 Å². The van der Waals surface area contributed by atoms with Crippen molar-refractivity contribution in [1.82, 2.24) is 0 Å². The molecule has 2 heterocycles. The summed E-state index contributed by atoms with van der Waals surface area (Å²) in [5.74, 6) is 0. The molecule has 2 nitrogen and oxygen atoms in total. The molecule has 0 unspecified atom stereocenters. The molecule has 0 saturated carbocycles. The zero-order chi connectivity index (χ0) is 32.7. The Morgan fingerprint density at radius 2 is 0.918 bits per heavy atom. The number of nitrogens with zero attached hydrogens (tertiary/aromatic N) is 2. The molecule has 4 aliphatic rings. The number of hydrogen-bond acceptors (Lipinski definition) is 1. The second-order valence-corrected chi connectivity index (χ2v) is 13.5. The summed E-state index contributed by atoms with van der Waals surface area (Å²) in [6, 6.07) is 53.6. The number of benzene rings is 6. The Morgan fingerprint density at radius 1 is 0.469 bits per heavy atom. The smallest absolute Gasteiger partial charge is 0.210 e. The summed E-state index contributed by atoms with van der Waals surface area (Å²) in [6.07, 6.45) is 11.3. The lowest BCUT2D eigenvalue weighted by molar-refractivity contribution is -0.401. The summed E-state index contributed by atoms with van der Waals surface area (Å²) in [6.45, 7) is 0. The van der Waals surface area contributed by atoms with E-state index in [-0.39, 0.29) is 10.8 Å². The Morgan fingerprint density at radius 3 is 1.49 bits per heavy atom. The minimum atomic E-state index is -0.365. The summed E-state index contributed by atoms with van der Waals surface area (Å²) in [4.78, 5) is 2.39. The van der Waals surface area contributed by atoms with Gasteiger partial charge in [0.15, 0.2) is 0 Å². The quantitative estimate of drug-likeness (QED) is 0.140. The first-order valence-electron chi connectivity index (χ1n) is 17.2. The number of allylic oxidation sites excluding steroid dienone is 6. The van der Waals surface area contributed by atoms with Crippen molar-refractivity contribution in [2.45, 2.75) is 10.8 Å². The first-order chi connectivity index (χ1) is 24.2. The van der Waals surface area contributed by atoms with Crippen LogP contribution in [0.5, 0.6) is 0 Å². The van der Waals surface area contributed by atoms with E-state index in [2.05, 4.69) is 200 Å². The lowest BCUT2D eigenvalue weighted by Crippen LogP contribution is -2.34. The summed E-state index contributed by atoms with van der Waals surface area (Å²) >= 11 is 0. The molecule has 6 aromatic carbocycles. The van der Waals surface area contributed by atoms with Gasteiger partial charge in [0.2, 0.25) is 11.4 Å². The minimum absolute atomic E-state index is 0.365. The van der Waals surface area contributed by atoms with Crippen molar-refractivity contribution in [2.75, 3.05) is 19.0 Å². The third-order valence-corrected chi connectivity index (χ3v) is 11.5. The second-order valence-electron chi connectivity index (χ2n) is 13.5. The maximum atomic E-state index is 2.39.